The minimum absolute atomic E-state index is 0.308. The third kappa shape index (κ3) is 4.47. The predicted octanol–water partition coefficient (Wildman–Crippen LogP) is 3.60. The van der Waals surface area contributed by atoms with Crippen molar-refractivity contribution in [1.29, 1.82) is 0 Å². The SMILES string of the molecule is CS(C)(C)C#Cc1ccc(C2=CCNC(c3cccnc3)C2)cn1. The van der Waals surface area contributed by atoms with Crippen LogP contribution in [0, 0.1) is 11.2 Å². The zero-order chi connectivity index (χ0) is 17.0. The Balaban J connectivity index is 1.74. The lowest BCUT2D eigenvalue weighted by molar-refractivity contribution is 0.562. The van der Waals surface area contributed by atoms with Gasteiger partial charge in [-0.05, 0) is 65.2 Å². The van der Waals surface area contributed by atoms with Gasteiger partial charge in [-0.15, -0.1) is 0 Å². The van der Waals surface area contributed by atoms with Gasteiger partial charge in [-0.25, -0.2) is 4.98 Å². The molecule has 1 aliphatic rings. The Morgan fingerprint density at radius 2 is 2.04 bits per heavy atom. The Morgan fingerprint density at radius 1 is 1.17 bits per heavy atom. The summed E-state index contributed by atoms with van der Waals surface area (Å²) in [7, 11) is -0.818. The number of nitrogens with zero attached hydrogens (tertiary/aromatic N) is 2. The second-order valence-corrected chi connectivity index (χ2v) is 10.6. The number of rotatable bonds is 2. The largest absolute Gasteiger partial charge is 0.306 e. The van der Waals surface area contributed by atoms with Crippen molar-refractivity contribution in [3.8, 4) is 11.2 Å². The molecule has 4 heteroatoms. The van der Waals surface area contributed by atoms with Gasteiger partial charge in [-0.2, -0.15) is 10.0 Å². The molecule has 0 amide bonds. The Morgan fingerprint density at radius 3 is 2.71 bits per heavy atom. The first-order chi connectivity index (χ1) is 11.5. The van der Waals surface area contributed by atoms with Crippen LogP contribution in [0.25, 0.3) is 5.57 Å². The second-order valence-electron chi connectivity index (χ2n) is 6.68. The van der Waals surface area contributed by atoms with Crippen molar-refractivity contribution in [1.82, 2.24) is 15.3 Å². The van der Waals surface area contributed by atoms with Crippen molar-refractivity contribution in [2.24, 2.45) is 0 Å². The van der Waals surface area contributed by atoms with Crippen LogP contribution in [0.4, 0.5) is 0 Å². The Hall–Kier alpha value is -2.09. The van der Waals surface area contributed by atoms with Gasteiger partial charge < -0.3 is 5.32 Å². The van der Waals surface area contributed by atoms with E-state index < -0.39 is 10.0 Å². The first kappa shape index (κ1) is 16.8. The number of hydrogen-bond acceptors (Lipinski definition) is 3. The Labute approximate surface area is 145 Å². The molecule has 1 N–H and O–H groups in total. The van der Waals surface area contributed by atoms with Crippen molar-refractivity contribution in [2.45, 2.75) is 12.5 Å². The van der Waals surface area contributed by atoms with Gasteiger partial charge in [-0.3, -0.25) is 4.98 Å². The second kappa shape index (κ2) is 7.21. The number of aromatic nitrogens is 2. The van der Waals surface area contributed by atoms with Gasteiger partial charge >= 0.3 is 0 Å². The van der Waals surface area contributed by atoms with Crippen LogP contribution < -0.4 is 5.32 Å². The maximum atomic E-state index is 4.52. The molecule has 0 aliphatic carbocycles. The Kier molecular flexibility index (Phi) is 5.03. The fourth-order valence-electron chi connectivity index (χ4n) is 2.62. The highest BCUT2D eigenvalue weighted by atomic mass is 32.3. The van der Waals surface area contributed by atoms with Gasteiger partial charge in [0.05, 0.1) is 0 Å². The number of nitrogens with one attached hydrogen (secondary N) is 1. The van der Waals surface area contributed by atoms with Gasteiger partial charge in [0.25, 0.3) is 0 Å². The monoisotopic (exact) mass is 337 g/mol. The Bertz CT molecular complexity index is 778. The van der Waals surface area contributed by atoms with E-state index in [0.717, 1.165) is 18.7 Å². The van der Waals surface area contributed by atoms with Crippen LogP contribution in [0.2, 0.25) is 0 Å². The van der Waals surface area contributed by atoms with Crippen molar-refractivity contribution in [3.05, 3.63) is 65.8 Å². The van der Waals surface area contributed by atoms with Crippen LogP contribution in [-0.4, -0.2) is 35.3 Å². The zero-order valence-electron chi connectivity index (χ0n) is 14.4. The molecule has 1 unspecified atom stereocenters. The van der Waals surface area contributed by atoms with Crippen LogP contribution >= 0.6 is 10.0 Å². The minimum Gasteiger partial charge on any atom is -0.306 e. The molecule has 124 valence electrons. The van der Waals surface area contributed by atoms with Crippen molar-refractivity contribution in [2.75, 3.05) is 25.3 Å². The van der Waals surface area contributed by atoms with E-state index in [0.29, 0.717) is 6.04 Å². The van der Waals surface area contributed by atoms with Crippen LogP contribution in [-0.2, 0) is 0 Å². The highest BCUT2D eigenvalue weighted by Crippen LogP contribution is 2.32. The average molecular weight is 337 g/mol. The topological polar surface area (TPSA) is 37.8 Å². The summed E-state index contributed by atoms with van der Waals surface area (Å²) in [5.41, 5.74) is 4.58. The smallest absolute Gasteiger partial charge is 0.114 e. The summed E-state index contributed by atoms with van der Waals surface area (Å²) in [5, 5.41) is 6.83. The molecular formula is C20H23N3S. The molecule has 3 nitrogen and oxygen atoms in total. The maximum absolute atomic E-state index is 4.52. The van der Waals surface area contributed by atoms with E-state index in [-0.39, 0.29) is 0 Å². The van der Waals surface area contributed by atoms with Crippen LogP contribution in [0.15, 0.2) is 48.9 Å². The van der Waals surface area contributed by atoms with E-state index in [1.54, 1.807) is 0 Å². The molecule has 0 bridgehead atoms. The molecule has 0 aromatic carbocycles. The van der Waals surface area contributed by atoms with E-state index in [9.17, 15) is 0 Å². The number of pyridine rings is 2. The lowest BCUT2D eigenvalue weighted by Crippen LogP contribution is -2.25. The molecule has 24 heavy (non-hydrogen) atoms. The molecule has 0 saturated carbocycles. The zero-order valence-corrected chi connectivity index (χ0v) is 15.2. The molecule has 0 saturated heterocycles. The lowest BCUT2D eigenvalue weighted by atomic mass is 9.93. The molecule has 0 spiro atoms. The molecule has 1 aliphatic heterocycles. The minimum atomic E-state index is -0.818. The van der Waals surface area contributed by atoms with E-state index >= 15 is 0 Å². The molecule has 3 rings (SSSR count). The van der Waals surface area contributed by atoms with Gasteiger partial charge in [0.1, 0.15) is 5.69 Å². The highest BCUT2D eigenvalue weighted by Gasteiger charge is 2.17. The average Bonchev–Trinajstić information content (AvgIpc) is 2.61. The number of hydrogen-bond donors (Lipinski definition) is 1. The van der Waals surface area contributed by atoms with Crippen LogP contribution in [0.5, 0.6) is 0 Å². The maximum Gasteiger partial charge on any atom is 0.114 e. The molecule has 0 radical (unpaired) electrons. The van der Waals surface area contributed by atoms with Gasteiger partial charge in [0.15, 0.2) is 0 Å². The summed E-state index contributed by atoms with van der Waals surface area (Å²) in [6.45, 7) is 0.865. The summed E-state index contributed by atoms with van der Waals surface area (Å²) >= 11 is 0. The standard InChI is InChI=1S/C20H23N3S/c1-24(2,3)12-9-19-7-6-17(15-23-19)16-8-11-22-20(13-16)18-5-4-10-21-14-18/h4-8,10,14-15,20,22H,11,13H2,1-3H3. The third-order valence-electron chi connectivity index (χ3n) is 3.84. The molecule has 2 aromatic heterocycles. The summed E-state index contributed by atoms with van der Waals surface area (Å²) in [4.78, 5) is 8.75. The molecular weight excluding hydrogens is 314 g/mol. The lowest BCUT2D eigenvalue weighted by Gasteiger charge is -2.24. The first-order valence-corrected chi connectivity index (χ1v) is 10.9. The molecule has 2 aromatic rings. The molecule has 1 atom stereocenters. The quantitative estimate of drug-likeness (QED) is 0.851. The van der Waals surface area contributed by atoms with Crippen molar-refractivity contribution >= 4 is 15.6 Å². The van der Waals surface area contributed by atoms with E-state index in [4.69, 9.17) is 0 Å². The van der Waals surface area contributed by atoms with E-state index in [1.165, 1.54) is 16.7 Å². The fraction of sp³-hybridized carbons (Fsp3) is 0.300. The summed E-state index contributed by atoms with van der Waals surface area (Å²) in [5.74, 6) is 3.19. The summed E-state index contributed by atoms with van der Waals surface area (Å²) in [6, 6.07) is 8.57. The molecule has 0 fully saturated rings. The summed E-state index contributed by atoms with van der Waals surface area (Å²) in [6.07, 6.45) is 15.4. The summed E-state index contributed by atoms with van der Waals surface area (Å²) < 4.78 is 0. The van der Waals surface area contributed by atoms with Gasteiger partial charge in [-0.1, -0.05) is 18.2 Å². The van der Waals surface area contributed by atoms with E-state index in [1.807, 2.05) is 30.7 Å². The fourth-order valence-corrected chi connectivity index (χ4v) is 3.03. The van der Waals surface area contributed by atoms with Crippen LogP contribution in [0.1, 0.15) is 29.3 Å². The van der Waals surface area contributed by atoms with Gasteiger partial charge in [0, 0.05) is 31.2 Å². The highest BCUT2D eigenvalue weighted by molar-refractivity contribution is 8.35. The third-order valence-corrected chi connectivity index (χ3v) is 4.56. The first-order valence-electron chi connectivity index (χ1n) is 8.01. The normalized spacial score (nSPS) is 18.3. The molecule has 3 heterocycles. The van der Waals surface area contributed by atoms with Crippen LogP contribution in [0.3, 0.4) is 0 Å². The van der Waals surface area contributed by atoms with Gasteiger partial charge in [0.2, 0.25) is 0 Å². The van der Waals surface area contributed by atoms with E-state index in [2.05, 4.69) is 63.4 Å². The van der Waals surface area contributed by atoms with Crippen molar-refractivity contribution < 1.29 is 0 Å². The van der Waals surface area contributed by atoms with Crippen molar-refractivity contribution in [3.63, 3.8) is 0 Å². The predicted molar refractivity (Wildman–Crippen MR) is 104 cm³/mol.